The Hall–Kier alpha value is -1.86. The SMILES string of the molecule is CCc1ncc(Sc2ccc(SC)cc2)s1.CS(=O)(=O)c1ccc(S(=O)(=O)c2cnc(CN)s2)cc1.Cl.NCc1nccs1. The molecule has 0 saturated carbocycles. The molecule has 0 spiro atoms. The van der Waals surface area contributed by atoms with Crippen LogP contribution in [0.2, 0.25) is 0 Å². The van der Waals surface area contributed by atoms with Crippen molar-refractivity contribution in [3.63, 3.8) is 0 Å². The van der Waals surface area contributed by atoms with Crippen molar-refractivity contribution in [1.29, 1.82) is 0 Å². The van der Waals surface area contributed by atoms with E-state index in [9.17, 15) is 16.8 Å². The van der Waals surface area contributed by atoms with Gasteiger partial charge in [-0.05, 0) is 61.2 Å². The number of nitrogens with two attached hydrogens (primary N) is 2. The molecule has 3 heterocycles. The van der Waals surface area contributed by atoms with Crippen molar-refractivity contribution in [3.8, 4) is 0 Å². The van der Waals surface area contributed by atoms with E-state index in [1.807, 2.05) is 11.6 Å². The molecule has 17 heteroatoms. The molecule has 0 saturated heterocycles. The highest BCUT2D eigenvalue weighted by molar-refractivity contribution is 8.01. The van der Waals surface area contributed by atoms with Crippen molar-refractivity contribution in [2.45, 2.75) is 54.4 Å². The largest absolute Gasteiger partial charge is 0.325 e. The quantitative estimate of drug-likeness (QED) is 0.160. The second-order valence-corrected chi connectivity index (χ2v) is 18.0. The van der Waals surface area contributed by atoms with Crippen LogP contribution in [0.5, 0.6) is 0 Å². The minimum atomic E-state index is -3.68. The Kier molecular flexibility index (Phi) is 16.0. The predicted molar refractivity (Wildman–Crippen MR) is 186 cm³/mol. The van der Waals surface area contributed by atoms with Gasteiger partial charge in [-0.3, -0.25) is 0 Å². The summed E-state index contributed by atoms with van der Waals surface area (Å²) < 4.78 is 48.6. The summed E-state index contributed by atoms with van der Waals surface area (Å²) in [4.78, 5) is 14.9. The van der Waals surface area contributed by atoms with Gasteiger partial charge in [-0.2, -0.15) is 0 Å². The Morgan fingerprint density at radius 1 is 0.773 bits per heavy atom. The molecule has 44 heavy (non-hydrogen) atoms. The first kappa shape index (κ1) is 38.3. The smallest absolute Gasteiger partial charge is 0.217 e. The van der Waals surface area contributed by atoms with Crippen LogP contribution in [-0.4, -0.2) is 44.3 Å². The molecule has 3 aromatic heterocycles. The first-order valence-corrected chi connectivity index (χ1v) is 20.5. The summed E-state index contributed by atoms with van der Waals surface area (Å²) in [7, 11) is -7.04. The number of aryl methyl sites for hydroxylation is 1. The molecule has 4 N–H and O–H groups in total. The van der Waals surface area contributed by atoms with Crippen molar-refractivity contribution < 1.29 is 16.8 Å². The van der Waals surface area contributed by atoms with Crippen molar-refractivity contribution in [2.75, 3.05) is 12.5 Å². The fourth-order valence-electron chi connectivity index (χ4n) is 3.11. The van der Waals surface area contributed by atoms with Gasteiger partial charge < -0.3 is 11.5 Å². The fraction of sp³-hybridized carbons (Fsp3) is 0.222. The zero-order valence-corrected chi connectivity index (χ0v) is 30.5. The molecule has 0 aliphatic carbocycles. The number of sulfone groups is 2. The van der Waals surface area contributed by atoms with Gasteiger partial charge in [0.25, 0.3) is 0 Å². The van der Waals surface area contributed by atoms with Crippen LogP contribution in [0.1, 0.15) is 21.9 Å². The summed E-state index contributed by atoms with van der Waals surface area (Å²) >= 11 is 7.94. The zero-order valence-electron chi connectivity index (χ0n) is 23.9. The van der Waals surface area contributed by atoms with Gasteiger partial charge in [0, 0.05) is 40.7 Å². The van der Waals surface area contributed by atoms with Gasteiger partial charge in [0.15, 0.2) is 9.84 Å². The molecule has 0 bridgehead atoms. The van der Waals surface area contributed by atoms with Crippen LogP contribution in [0, 0.1) is 0 Å². The molecular weight excluding hydrogens is 718 g/mol. The Balaban J connectivity index is 0.000000251. The van der Waals surface area contributed by atoms with Gasteiger partial charge in [-0.25, -0.2) is 31.8 Å². The molecule has 5 rings (SSSR count). The number of aromatic nitrogens is 3. The van der Waals surface area contributed by atoms with Gasteiger partial charge in [-0.15, -0.1) is 58.2 Å². The van der Waals surface area contributed by atoms with Crippen LogP contribution in [0.3, 0.4) is 0 Å². The van der Waals surface area contributed by atoms with Crippen LogP contribution < -0.4 is 11.5 Å². The minimum absolute atomic E-state index is 0. The number of benzene rings is 2. The topological polar surface area (TPSA) is 159 Å². The van der Waals surface area contributed by atoms with E-state index >= 15 is 0 Å². The molecule has 0 fully saturated rings. The number of thioether (sulfide) groups is 1. The molecule has 0 radical (unpaired) electrons. The summed E-state index contributed by atoms with van der Waals surface area (Å²) in [6, 6.07) is 13.7. The third kappa shape index (κ3) is 11.5. The van der Waals surface area contributed by atoms with E-state index in [-0.39, 0.29) is 33.0 Å². The lowest BCUT2D eigenvalue weighted by atomic mass is 10.4. The minimum Gasteiger partial charge on any atom is -0.325 e. The molecule has 0 amide bonds. The summed E-state index contributed by atoms with van der Waals surface area (Å²) in [6.07, 6.45) is 9.17. The van der Waals surface area contributed by atoms with E-state index in [1.54, 1.807) is 52.4 Å². The fourth-order valence-corrected chi connectivity index (χ4v) is 9.05. The number of thiazole rings is 3. The van der Waals surface area contributed by atoms with E-state index in [2.05, 4.69) is 52.4 Å². The number of hydrogen-bond donors (Lipinski definition) is 2. The Morgan fingerprint density at radius 2 is 1.36 bits per heavy atom. The molecule has 2 aromatic carbocycles. The first-order chi connectivity index (χ1) is 20.5. The average molecular weight is 751 g/mol. The van der Waals surface area contributed by atoms with Crippen LogP contribution in [0.15, 0.2) is 101 Å². The van der Waals surface area contributed by atoms with Crippen molar-refractivity contribution in [1.82, 2.24) is 15.0 Å². The Morgan fingerprint density at radius 3 is 1.82 bits per heavy atom. The van der Waals surface area contributed by atoms with Crippen LogP contribution >= 0.6 is 69.9 Å². The third-order valence-electron chi connectivity index (χ3n) is 5.30. The van der Waals surface area contributed by atoms with E-state index in [0.717, 1.165) is 29.0 Å². The first-order valence-electron chi connectivity index (χ1n) is 12.5. The van der Waals surface area contributed by atoms with Crippen molar-refractivity contribution in [2.24, 2.45) is 11.5 Å². The van der Waals surface area contributed by atoms with Gasteiger partial charge in [-0.1, -0.05) is 18.7 Å². The maximum Gasteiger partial charge on any atom is 0.217 e. The summed E-state index contributed by atoms with van der Waals surface area (Å²) in [6.45, 7) is 2.88. The Bertz CT molecular complexity index is 1770. The lowest BCUT2D eigenvalue weighted by Gasteiger charge is -2.03. The maximum atomic E-state index is 12.3. The molecule has 0 atom stereocenters. The van der Waals surface area contributed by atoms with Gasteiger partial charge >= 0.3 is 0 Å². The van der Waals surface area contributed by atoms with E-state index < -0.39 is 19.7 Å². The number of nitrogens with zero attached hydrogens (tertiary/aromatic N) is 3. The van der Waals surface area contributed by atoms with Crippen LogP contribution in [0.25, 0.3) is 0 Å². The standard InChI is InChI=1S/C12H13NS3.C11H12N2O4S3.C4H6N2S.ClH/c1-3-11-13-8-12(16-11)15-10-6-4-9(14-2)5-7-10;1-19(14,15)8-2-4-9(5-3-8)20(16,17)11-7-13-10(6-12)18-11;5-3-4-6-1-2-7-4;/h4-8H,3H2,1-2H3;2-5,7H,6,12H2,1H3;1-2H,3,5H2;1H. The highest BCUT2D eigenvalue weighted by Gasteiger charge is 2.21. The van der Waals surface area contributed by atoms with E-state index in [0.29, 0.717) is 11.6 Å². The molecule has 238 valence electrons. The van der Waals surface area contributed by atoms with Crippen molar-refractivity contribution >= 4 is 89.6 Å². The van der Waals surface area contributed by atoms with Crippen molar-refractivity contribution in [3.05, 3.63) is 87.5 Å². The van der Waals surface area contributed by atoms with Crippen LogP contribution in [-0.2, 0) is 39.2 Å². The highest BCUT2D eigenvalue weighted by atomic mass is 35.5. The predicted octanol–water partition coefficient (Wildman–Crippen LogP) is 6.44. The normalized spacial score (nSPS) is 11.0. The number of halogens is 1. The molecule has 0 aliphatic rings. The molecule has 9 nitrogen and oxygen atoms in total. The van der Waals surface area contributed by atoms with Gasteiger partial charge in [0.05, 0.1) is 31.4 Å². The highest BCUT2D eigenvalue weighted by Crippen LogP contribution is 2.33. The van der Waals surface area contributed by atoms with Gasteiger partial charge in [0.1, 0.15) is 14.2 Å². The molecule has 5 aromatic rings. The summed E-state index contributed by atoms with van der Waals surface area (Å²) in [5.41, 5.74) is 10.6. The second-order valence-electron chi connectivity index (χ2n) is 8.36. The monoisotopic (exact) mass is 749 g/mol. The third-order valence-corrected chi connectivity index (χ3v) is 13.5. The Labute approximate surface area is 285 Å². The molecule has 0 unspecified atom stereocenters. The summed E-state index contributed by atoms with van der Waals surface area (Å²) in [5, 5.41) is 4.65. The second kappa shape index (κ2) is 18.3. The van der Waals surface area contributed by atoms with Crippen LogP contribution in [0.4, 0.5) is 0 Å². The maximum absolute atomic E-state index is 12.3. The summed E-state index contributed by atoms with van der Waals surface area (Å²) in [5.74, 6) is 0. The lowest BCUT2D eigenvalue weighted by Crippen LogP contribution is -2.02. The molecule has 0 aliphatic heterocycles. The lowest BCUT2D eigenvalue weighted by molar-refractivity contribution is 0.595. The zero-order chi connectivity index (χ0) is 31.5. The average Bonchev–Trinajstić information content (AvgIpc) is 3.80. The van der Waals surface area contributed by atoms with Gasteiger partial charge in [0.2, 0.25) is 9.84 Å². The van der Waals surface area contributed by atoms with E-state index in [1.165, 1.54) is 49.5 Å². The number of rotatable bonds is 9. The molecular formula is C27H32ClN5O4S7. The van der Waals surface area contributed by atoms with E-state index in [4.69, 9.17) is 11.5 Å². The number of hydrogen-bond acceptors (Lipinski definition) is 14.